The summed E-state index contributed by atoms with van der Waals surface area (Å²) in [5, 5.41) is 0. The first kappa shape index (κ1) is 16.1. The van der Waals surface area contributed by atoms with Gasteiger partial charge in [-0.1, -0.05) is 12.1 Å². The number of fused-ring (bicyclic) bond motifs is 2. The quantitative estimate of drug-likeness (QED) is 0.838. The van der Waals surface area contributed by atoms with Crippen LogP contribution < -0.4 is 18.9 Å². The number of hydrogen-bond donors (Lipinski definition) is 0. The van der Waals surface area contributed by atoms with Gasteiger partial charge in [-0.3, -0.25) is 0 Å². The molecule has 2 unspecified atom stereocenters. The standard InChI is InChI=1S/C20H22O5/c1-13(15-3-5-17-19(11-15)23-9-7-21-17)25-14(2)16-4-6-18-20(12-16)24-10-8-22-18/h3-6,11-14H,7-10H2,1-2H3. The molecule has 2 aromatic rings. The Morgan fingerprint density at radius 3 is 1.48 bits per heavy atom. The van der Waals surface area contributed by atoms with Crippen LogP contribution in [0.2, 0.25) is 0 Å². The van der Waals surface area contributed by atoms with Gasteiger partial charge in [0, 0.05) is 0 Å². The van der Waals surface area contributed by atoms with Gasteiger partial charge in [-0.15, -0.1) is 0 Å². The third-order valence-corrected chi connectivity index (χ3v) is 4.48. The minimum atomic E-state index is -0.0703. The van der Waals surface area contributed by atoms with E-state index in [0.717, 1.165) is 34.1 Å². The molecule has 0 aliphatic carbocycles. The molecule has 5 nitrogen and oxygen atoms in total. The maximum absolute atomic E-state index is 6.21. The van der Waals surface area contributed by atoms with E-state index >= 15 is 0 Å². The Kier molecular flexibility index (Phi) is 4.40. The zero-order valence-corrected chi connectivity index (χ0v) is 14.5. The van der Waals surface area contributed by atoms with Crippen LogP contribution in [0.15, 0.2) is 36.4 Å². The molecule has 4 rings (SSSR count). The van der Waals surface area contributed by atoms with Crippen molar-refractivity contribution in [3.05, 3.63) is 47.5 Å². The minimum absolute atomic E-state index is 0.0703. The molecule has 0 radical (unpaired) electrons. The molecule has 0 bridgehead atoms. The van der Waals surface area contributed by atoms with Crippen molar-refractivity contribution in [2.75, 3.05) is 26.4 Å². The third-order valence-electron chi connectivity index (χ3n) is 4.48. The summed E-state index contributed by atoms with van der Waals surface area (Å²) in [5.74, 6) is 3.15. The van der Waals surface area contributed by atoms with Gasteiger partial charge in [0.1, 0.15) is 26.4 Å². The lowest BCUT2D eigenvalue weighted by molar-refractivity contribution is 0.00537. The summed E-state index contributed by atoms with van der Waals surface area (Å²) < 4.78 is 28.7. The van der Waals surface area contributed by atoms with Gasteiger partial charge in [-0.25, -0.2) is 0 Å². The van der Waals surface area contributed by atoms with Gasteiger partial charge in [0.15, 0.2) is 23.0 Å². The van der Waals surface area contributed by atoms with E-state index in [1.54, 1.807) is 0 Å². The zero-order chi connectivity index (χ0) is 17.2. The summed E-state index contributed by atoms with van der Waals surface area (Å²) in [7, 11) is 0. The van der Waals surface area contributed by atoms with Crippen molar-refractivity contribution in [1.29, 1.82) is 0 Å². The maximum Gasteiger partial charge on any atom is 0.161 e. The topological polar surface area (TPSA) is 46.2 Å². The Morgan fingerprint density at radius 2 is 1.04 bits per heavy atom. The third kappa shape index (κ3) is 3.37. The second-order valence-corrected chi connectivity index (χ2v) is 6.23. The summed E-state index contributed by atoms with van der Waals surface area (Å²) in [6, 6.07) is 11.9. The van der Waals surface area contributed by atoms with Gasteiger partial charge in [0.05, 0.1) is 12.2 Å². The smallest absolute Gasteiger partial charge is 0.161 e. The molecule has 25 heavy (non-hydrogen) atoms. The average molecular weight is 342 g/mol. The molecule has 0 saturated heterocycles. The van der Waals surface area contributed by atoms with Crippen molar-refractivity contribution in [2.45, 2.75) is 26.1 Å². The number of benzene rings is 2. The van der Waals surface area contributed by atoms with Crippen LogP contribution >= 0.6 is 0 Å². The van der Waals surface area contributed by atoms with Crippen LogP contribution in [0, 0.1) is 0 Å². The fraction of sp³-hybridized carbons (Fsp3) is 0.400. The molecule has 2 heterocycles. The van der Waals surface area contributed by atoms with Crippen LogP contribution in [0.5, 0.6) is 23.0 Å². The van der Waals surface area contributed by atoms with Gasteiger partial charge >= 0.3 is 0 Å². The molecule has 0 amide bonds. The average Bonchev–Trinajstić information content (AvgIpc) is 2.67. The predicted molar refractivity (Wildman–Crippen MR) is 92.8 cm³/mol. The monoisotopic (exact) mass is 342 g/mol. The summed E-state index contributed by atoms with van der Waals surface area (Å²) >= 11 is 0. The molecule has 2 atom stereocenters. The Labute approximate surface area is 147 Å². The van der Waals surface area contributed by atoms with Crippen molar-refractivity contribution in [1.82, 2.24) is 0 Å². The van der Waals surface area contributed by atoms with Crippen molar-refractivity contribution < 1.29 is 23.7 Å². The van der Waals surface area contributed by atoms with E-state index in [1.165, 1.54) is 0 Å². The molecule has 2 aromatic carbocycles. The number of rotatable bonds is 4. The van der Waals surface area contributed by atoms with Crippen molar-refractivity contribution in [3.63, 3.8) is 0 Å². The van der Waals surface area contributed by atoms with E-state index in [9.17, 15) is 0 Å². The zero-order valence-electron chi connectivity index (χ0n) is 14.5. The highest BCUT2D eigenvalue weighted by Gasteiger charge is 2.19. The summed E-state index contributed by atoms with van der Waals surface area (Å²) in [4.78, 5) is 0. The first-order chi connectivity index (χ1) is 12.2. The normalized spacial score (nSPS) is 17.7. The van der Waals surface area contributed by atoms with Gasteiger partial charge < -0.3 is 23.7 Å². The highest BCUT2D eigenvalue weighted by Crippen LogP contribution is 2.37. The molecule has 0 spiro atoms. The Hall–Kier alpha value is -2.40. The predicted octanol–water partition coefficient (Wildman–Crippen LogP) is 4.07. The summed E-state index contributed by atoms with van der Waals surface area (Å²) in [5.41, 5.74) is 2.13. The molecule has 0 saturated carbocycles. The lowest BCUT2D eigenvalue weighted by atomic mass is 10.1. The highest BCUT2D eigenvalue weighted by atomic mass is 16.6. The lowest BCUT2D eigenvalue weighted by Gasteiger charge is -2.24. The molecule has 0 N–H and O–H groups in total. The van der Waals surface area contributed by atoms with Crippen LogP contribution in [0.4, 0.5) is 0 Å². The highest BCUT2D eigenvalue weighted by molar-refractivity contribution is 5.45. The van der Waals surface area contributed by atoms with Crippen LogP contribution in [0.3, 0.4) is 0 Å². The van der Waals surface area contributed by atoms with Gasteiger partial charge in [0.2, 0.25) is 0 Å². The van der Waals surface area contributed by atoms with Crippen molar-refractivity contribution >= 4 is 0 Å². The molecule has 5 heteroatoms. The van der Waals surface area contributed by atoms with E-state index in [4.69, 9.17) is 23.7 Å². The summed E-state index contributed by atoms with van der Waals surface area (Å²) in [6.07, 6.45) is -0.141. The van der Waals surface area contributed by atoms with E-state index in [-0.39, 0.29) is 12.2 Å². The van der Waals surface area contributed by atoms with Crippen LogP contribution in [0.1, 0.15) is 37.2 Å². The molecule has 0 aromatic heterocycles. The van der Waals surface area contributed by atoms with Crippen LogP contribution in [-0.2, 0) is 4.74 Å². The van der Waals surface area contributed by atoms with E-state index in [1.807, 2.05) is 50.2 Å². The van der Waals surface area contributed by atoms with E-state index in [2.05, 4.69) is 0 Å². The maximum atomic E-state index is 6.21. The Bertz CT molecular complexity index is 694. The Balaban J connectivity index is 1.47. The Morgan fingerprint density at radius 1 is 0.640 bits per heavy atom. The first-order valence-electron chi connectivity index (χ1n) is 8.65. The van der Waals surface area contributed by atoms with Crippen molar-refractivity contribution in [2.24, 2.45) is 0 Å². The number of ether oxygens (including phenoxy) is 5. The van der Waals surface area contributed by atoms with Crippen LogP contribution in [0.25, 0.3) is 0 Å². The molecule has 132 valence electrons. The second kappa shape index (κ2) is 6.84. The van der Waals surface area contributed by atoms with Crippen LogP contribution in [-0.4, -0.2) is 26.4 Å². The SMILES string of the molecule is CC(OC(C)c1ccc2c(c1)OCCO2)c1ccc2c(c1)OCCO2. The van der Waals surface area contributed by atoms with Gasteiger partial charge in [0.25, 0.3) is 0 Å². The van der Waals surface area contributed by atoms with Gasteiger partial charge in [-0.2, -0.15) is 0 Å². The molecule has 2 aliphatic heterocycles. The largest absolute Gasteiger partial charge is 0.486 e. The fourth-order valence-electron chi connectivity index (χ4n) is 3.09. The fourth-order valence-corrected chi connectivity index (χ4v) is 3.09. The van der Waals surface area contributed by atoms with E-state index in [0.29, 0.717) is 26.4 Å². The summed E-state index contributed by atoms with van der Waals surface area (Å²) in [6.45, 7) is 6.44. The molecule has 0 fully saturated rings. The second-order valence-electron chi connectivity index (χ2n) is 6.23. The molecular formula is C20H22O5. The molecular weight excluding hydrogens is 320 g/mol. The minimum Gasteiger partial charge on any atom is -0.486 e. The van der Waals surface area contributed by atoms with Gasteiger partial charge in [-0.05, 0) is 49.2 Å². The van der Waals surface area contributed by atoms with Crippen molar-refractivity contribution in [3.8, 4) is 23.0 Å². The van der Waals surface area contributed by atoms with E-state index < -0.39 is 0 Å². The number of hydrogen-bond acceptors (Lipinski definition) is 5. The lowest BCUT2D eigenvalue weighted by Crippen LogP contribution is -2.16. The first-order valence-corrected chi connectivity index (χ1v) is 8.65. The molecule has 2 aliphatic rings.